The molecular weight excluding hydrogens is 220 g/mol. The first-order valence-electron chi connectivity index (χ1n) is 5.15. The van der Waals surface area contributed by atoms with Crippen LogP contribution in [0.3, 0.4) is 0 Å². The molecule has 1 atom stereocenters. The van der Waals surface area contributed by atoms with Crippen LogP contribution in [0.5, 0.6) is 0 Å². The van der Waals surface area contributed by atoms with E-state index < -0.39 is 0 Å². The third-order valence-corrected chi connectivity index (χ3v) is 3.52. The van der Waals surface area contributed by atoms with Crippen LogP contribution in [0.4, 0.5) is 0 Å². The molecule has 2 heterocycles. The highest BCUT2D eigenvalue weighted by Gasteiger charge is 2.10. The highest BCUT2D eigenvalue weighted by atomic mass is 32.1. The van der Waals surface area contributed by atoms with E-state index in [4.69, 9.17) is 0 Å². The number of aromatic nitrogens is 3. The number of nitrogens with zero attached hydrogens (tertiary/aromatic N) is 3. The van der Waals surface area contributed by atoms with Crippen molar-refractivity contribution in [1.82, 2.24) is 20.3 Å². The summed E-state index contributed by atoms with van der Waals surface area (Å²) in [6, 6.07) is 2.22. The first kappa shape index (κ1) is 11.2. The predicted octanol–water partition coefficient (Wildman–Crippen LogP) is 2.09. The minimum atomic E-state index is 0.308. The van der Waals surface area contributed by atoms with Crippen molar-refractivity contribution in [3.8, 4) is 0 Å². The second kappa shape index (κ2) is 5.14. The summed E-state index contributed by atoms with van der Waals surface area (Å²) in [6.07, 6.45) is 3.33. The van der Waals surface area contributed by atoms with Crippen molar-refractivity contribution in [3.63, 3.8) is 0 Å². The van der Waals surface area contributed by atoms with E-state index in [0.717, 1.165) is 17.9 Å². The number of thiazole rings is 1. The molecule has 0 amide bonds. The van der Waals surface area contributed by atoms with Crippen LogP contribution in [-0.2, 0) is 6.54 Å². The molecule has 0 fully saturated rings. The van der Waals surface area contributed by atoms with Gasteiger partial charge in [-0.25, -0.2) is 15.0 Å². The lowest BCUT2D eigenvalue weighted by atomic mass is 10.2. The fourth-order valence-electron chi connectivity index (χ4n) is 1.50. The molecule has 0 saturated heterocycles. The van der Waals surface area contributed by atoms with E-state index >= 15 is 0 Å². The molecule has 4 nitrogen and oxygen atoms in total. The topological polar surface area (TPSA) is 50.7 Å². The number of rotatable bonds is 4. The Labute approximate surface area is 98.8 Å². The van der Waals surface area contributed by atoms with E-state index in [-0.39, 0.29) is 0 Å². The molecule has 2 aromatic rings. The van der Waals surface area contributed by atoms with E-state index in [9.17, 15) is 0 Å². The molecule has 0 bridgehead atoms. The molecule has 5 heteroatoms. The first-order chi connectivity index (χ1) is 7.77. The maximum Gasteiger partial charge on any atom is 0.115 e. The molecule has 0 aliphatic rings. The standard InChI is InChI=1S/C11H14N4S/c1-8(11-9(2)15-7-16-11)13-5-10-3-4-12-6-14-10/h3-4,6-8,13H,5H2,1-2H3. The average molecular weight is 234 g/mol. The minimum absolute atomic E-state index is 0.308. The summed E-state index contributed by atoms with van der Waals surface area (Å²) in [5.74, 6) is 0. The summed E-state index contributed by atoms with van der Waals surface area (Å²) in [4.78, 5) is 13.6. The molecular formula is C11H14N4S. The summed E-state index contributed by atoms with van der Waals surface area (Å²) in [7, 11) is 0. The van der Waals surface area contributed by atoms with Gasteiger partial charge in [0.05, 0.1) is 16.9 Å². The fourth-order valence-corrected chi connectivity index (χ4v) is 2.33. The van der Waals surface area contributed by atoms with Gasteiger partial charge in [-0.05, 0) is 19.9 Å². The van der Waals surface area contributed by atoms with Gasteiger partial charge < -0.3 is 5.32 Å². The first-order valence-corrected chi connectivity index (χ1v) is 6.03. The number of nitrogens with one attached hydrogen (secondary N) is 1. The summed E-state index contributed by atoms with van der Waals surface area (Å²) in [5.41, 5.74) is 3.99. The molecule has 84 valence electrons. The van der Waals surface area contributed by atoms with E-state index in [2.05, 4.69) is 27.2 Å². The third-order valence-electron chi connectivity index (χ3n) is 2.41. The van der Waals surface area contributed by atoms with Gasteiger partial charge in [-0.2, -0.15) is 0 Å². The van der Waals surface area contributed by atoms with Crippen LogP contribution in [0.2, 0.25) is 0 Å². The lowest BCUT2D eigenvalue weighted by molar-refractivity contribution is 0.571. The Bertz CT molecular complexity index is 440. The molecule has 16 heavy (non-hydrogen) atoms. The molecule has 1 N–H and O–H groups in total. The summed E-state index contributed by atoms with van der Waals surface area (Å²) >= 11 is 1.69. The Morgan fingerprint density at radius 2 is 2.31 bits per heavy atom. The largest absolute Gasteiger partial charge is 0.304 e. The van der Waals surface area contributed by atoms with Gasteiger partial charge in [0.2, 0.25) is 0 Å². The molecule has 0 saturated carbocycles. The lowest BCUT2D eigenvalue weighted by Crippen LogP contribution is -2.18. The number of aryl methyl sites for hydroxylation is 1. The molecule has 1 unspecified atom stereocenters. The van der Waals surface area contributed by atoms with Crippen LogP contribution in [-0.4, -0.2) is 15.0 Å². The van der Waals surface area contributed by atoms with Crippen molar-refractivity contribution in [2.75, 3.05) is 0 Å². The monoisotopic (exact) mass is 234 g/mol. The Balaban J connectivity index is 1.94. The second-order valence-corrected chi connectivity index (χ2v) is 4.49. The van der Waals surface area contributed by atoms with Crippen molar-refractivity contribution in [2.24, 2.45) is 0 Å². The van der Waals surface area contributed by atoms with Crippen LogP contribution in [0, 0.1) is 6.92 Å². The molecule has 0 aromatic carbocycles. The fraction of sp³-hybridized carbons (Fsp3) is 0.364. The third kappa shape index (κ3) is 2.62. The molecule has 0 aliphatic heterocycles. The van der Waals surface area contributed by atoms with Crippen LogP contribution in [0.15, 0.2) is 24.1 Å². The van der Waals surface area contributed by atoms with Gasteiger partial charge in [0.15, 0.2) is 0 Å². The number of hydrogen-bond donors (Lipinski definition) is 1. The zero-order valence-corrected chi connectivity index (χ0v) is 10.2. The SMILES string of the molecule is Cc1ncsc1C(C)NCc1ccncn1. The highest BCUT2D eigenvalue weighted by Crippen LogP contribution is 2.21. The summed E-state index contributed by atoms with van der Waals surface area (Å²) in [5, 5.41) is 3.42. The molecule has 2 aromatic heterocycles. The minimum Gasteiger partial charge on any atom is -0.304 e. The van der Waals surface area contributed by atoms with Crippen LogP contribution in [0.1, 0.15) is 29.2 Å². The van der Waals surface area contributed by atoms with Crippen LogP contribution >= 0.6 is 11.3 Å². The highest BCUT2D eigenvalue weighted by molar-refractivity contribution is 7.09. The van der Waals surface area contributed by atoms with Crippen molar-refractivity contribution < 1.29 is 0 Å². The number of hydrogen-bond acceptors (Lipinski definition) is 5. The molecule has 2 rings (SSSR count). The molecule has 0 aliphatic carbocycles. The van der Waals surface area contributed by atoms with E-state index in [1.807, 2.05) is 18.5 Å². The van der Waals surface area contributed by atoms with Gasteiger partial charge in [-0.15, -0.1) is 11.3 Å². The van der Waals surface area contributed by atoms with Gasteiger partial charge in [-0.1, -0.05) is 0 Å². The van der Waals surface area contributed by atoms with Crippen molar-refractivity contribution >= 4 is 11.3 Å². The van der Waals surface area contributed by atoms with Crippen molar-refractivity contribution in [2.45, 2.75) is 26.4 Å². The Morgan fingerprint density at radius 1 is 1.44 bits per heavy atom. The van der Waals surface area contributed by atoms with Crippen molar-refractivity contribution in [1.29, 1.82) is 0 Å². The Hall–Kier alpha value is -1.33. The van der Waals surface area contributed by atoms with Crippen LogP contribution in [0.25, 0.3) is 0 Å². The zero-order chi connectivity index (χ0) is 11.4. The Morgan fingerprint density at radius 3 is 2.94 bits per heavy atom. The summed E-state index contributed by atoms with van der Waals surface area (Å²) < 4.78 is 0. The van der Waals surface area contributed by atoms with Gasteiger partial charge in [0, 0.05) is 23.7 Å². The maximum absolute atomic E-state index is 4.25. The van der Waals surface area contributed by atoms with Crippen LogP contribution < -0.4 is 5.32 Å². The van der Waals surface area contributed by atoms with Crippen molar-refractivity contribution in [3.05, 3.63) is 40.4 Å². The predicted molar refractivity (Wildman–Crippen MR) is 64.1 cm³/mol. The van der Waals surface area contributed by atoms with Gasteiger partial charge >= 0.3 is 0 Å². The normalized spacial score (nSPS) is 12.6. The molecule has 0 radical (unpaired) electrons. The smallest absolute Gasteiger partial charge is 0.115 e. The summed E-state index contributed by atoms with van der Waals surface area (Å²) in [6.45, 7) is 4.93. The quantitative estimate of drug-likeness (QED) is 0.880. The van der Waals surface area contributed by atoms with Gasteiger partial charge in [0.1, 0.15) is 6.33 Å². The van der Waals surface area contributed by atoms with E-state index in [1.165, 1.54) is 4.88 Å². The van der Waals surface area contributed by atoms with Gasteiger partial charge in [0.25, 0.3) is 0 Å². The zero-order valence-electron chi connectivity index (χ0n) is 9.34. The lowest BCUT2D eigenvalue weighted by Gasteiger charge is -2.12. The maximum atomic E-state index is 4.25. The second-order valence-electron chi connectivity index (χ2n) is 3.61. The van der Waals surface area contributed by atoms with E-state index in [0.29, 0.717) is 6.04 Å². The molecule has 0 spiro atoms. The average Bonchev–Trinajstić information content (AvgIpc) is 2.74. The Kier molecular flexibility index (Phi) is 3.58. The van der Waals surface area contributed by atoms with E-state index in [1.54, 1.807) is 23.9 Å². The van der Waals surface area contributed by atoms with Gasteiger partial charge in [-0.3, -0.25) is 0 Å².